The number of anilines is 1. The van der Waals surface area contributed by atoms with Crippen LogP contribution in [0.4, 0.5) is 10.3 Å². The minimum absolute atomic E-state index is 0.00134. The number of rotatable bonds is 9. The van der Waals surface area contributed by atoms with Gasteiger partial charge in [0.25, 0.3) is 5.91 Å². The third-order valence-corrected chi connectivity index (χ3v) is 7.27. The molecule has 10 nitrogen and oxygen atoms in total. The van der Waals surface area contributed by atoms with Crippen LogP contribution in [-0.4, -0.2) is 71.3 Å². The van der Waals surface area contributed by atoms with Crippen LogP contribution in [0.1, 0.15) is 40.4 Å². The molecule has 2 amide bonds. The molecule has 3 heterocycles. The summed E-state index contributed by atoms with van der Waals surface area (Å²) in [5, 5.41) is 16.2. The van der Waals surface area contributed by atoms with Crippen LogP contribution in [0.25, 0.3) is 11.3 Å². The van der Waals surface area contributed by atoms with Crippen LogP contribution < -0.4 is 15.4 Å². The molecular formula is C28H29ClFN5O5. The van der Waals surface area contributed by atoms with Gasteiger partial charge in [-0.1, -0.05) is 29.8 Å². The van der Waals surface area contributed by atoms with Crippen LogP contribution in [0.15, 0.2) is 42.6 Å². The smallest absolute Gasteiger partial charge is 0.254 e. The first kappa shape index (κ1) is 27.8. The third-order valence-electron chi connectivity index (χ3n) is 6.99. The maximum Gasteiger partial charge on any atom is 0.254 e. The number of aliphatic hydroxyl groups excluding tert-OH is 1. The molecule has 2 aromatic carbocycles. The molecule has 2 aliphatic heterocycles. The molecule has 1 aromatic heterocycles. The van der Waals surface area contributed by atoms with Gasteiger partial charge in [0.2, 0.25) is 11.9 Å². The third kappa shape index (κ3) is 6.01. The van der Waals surface area contributed by atoms with E-state index in [0.717, 1.165) is 18.4 Å². The first-order chi connectivity index (χ1) is 19.4. The second kappa shape index (κ2) is 12.2. The normalized spacial score (nSPS) is 16.0. The van der Waals surface area contributed by atoms with E-state index >= 15 is 0 Å². The van der Waals surface area contributed by atoms with E-state index < -0.39 is 24.4 Å². The molecule has 0 saturated carbocycles. The highest BCUT2D eigenvalue weighted by Crippen LogP contribution is 2.32. The molecule has 210 valence electrons. The lowest BCUT2D eigenvalue weighted by atomic mass is 10.0. The second-order valence-electron chi connectivity index (χ2n) is 9.65. The number of ether oxygens (including phenoxy) is 2. The quantitative estimate of drug-likeness (QED) is 0.358. The van der Waals surface area contributed by atoms with Crippen molar-refractivity contribution in [3.63, 3.8) is 0 Å². The zero-order valence-corrected chi connectivity index (χ0v) is 22.6. The Balaban J connectivity index is 1.27. The Labute approximate surface area is 235 Å². The molecular weight excluding hydrogens is 541 g/mol. The molecule has 0 radical (unpaired) electrons. The van der Waals surface area contributed by atoms with Crippen LogP contribution in [-0.2, 0) is 16.1 Å². The summed E-state index contributed by atoms with van der Waals surface area (Å²) in [5.74, 6) is -0.868. The summed E-state index contributed by atoms with van der Waals surface area (Å²) in [7, 11) is 1.33. The number of nitrogens with one attached hydrogen (secondary N) is 2. The topological polar surface area (TPSA) is 126 Å². The number of methoxy groups -OCH3 is 1. The van der Waals surface area contributed by atoms with Crippen LogP contribution in [0.2, 0.25) is 5.02 Å². The maximum atomic E-state index is 13.8. The highest BCUT2D eigenvalue weighted by molar-refractivity contribution is 6.33. The molecule has 12 heteroatoms. The van der Waals surface area contributed by atoms with Crippen molar-refractivity contribution in [3.05, 3.63) is 70.1 Å². The van der Waals surface area contributed by atoms with Gasteiger partial charge in [0.1, 0.15) is 6.54 Å². The van der Waals surface area contributed by atoms with E-state index in [9.17, 15) is 19.1 Å². The van der Waals surface area contributed by atoms with E-state index in [1.54, 1.807) is 6.07 Å². The van der Waals surface area contributed by atoms with Gasteiger partial charge in [-0.15, -0.1) is 0 Å². The van der Waals surface area contributed by atoms with Crippen molar-refractivity contribution in [3.8, 4) is 17.0 Å². The molecule has 0 bridgehead atoms. The Kier molecular flexibility index (Phi) is 8.43. The molecule has 1 atom stereocenters. The van der Waals surface area contributed by atoms with E-state index in [2.05, 4.69) is 20.6 Å². The van der Waals surface area contributed by atoms with E-state index in [4.69, 9.17) is 21.1 Å². The molecule has 3 aromatic rings. The van der Waals surface area contributed by atoms with Crippen molar-refractivity contribution in [2.45, 2.75) is 31.5 Å². The van der Waals surface area contributed by atoms with Crippen LogP contribution in [0.3, 0.4) is 0 Å². The monoisotopic (exact) mass is 569 g/mol. The average Bonchev–Trinajstić information content (AvgIpc) is 3.27. The summed E-state index contributed by atoms with van der Waals surface area (Å²) in [4.78, 5) is 36.4. The van der Waals surface area contributed by atoms with Crippen LogP contribution in [0, 0.1) is 5.82 Å². The summed E-state index contributed by atoms with van der Waals surface area (Å²) in [5.41, 5.74) is 2.86. The lowest BCUT2D eigenvalue weighted by molar-refractivity contribution is -0.122. The van der Waals surface area contributed by atoms with Crippen molar-refractivity contribution in [1.29, 1.82) is 0 Å². The molecule has 0 aliphatic carbocycles. The Morgan fingerprint density at radius 3 is 2.83 bits per heavy atom. The molecule has 3 N–H and O–H groups in total. The average molecular weight is 570 g/mol. The fraction of sp³-hybridized carbons (Fsp3) is 0.357. The maximum absolute atomic E-state index is 13.8. The Bertz CT molecular complexity index is 1420. The van der Waals surface area contributed by atoms with Crippen molar-refractivity contribution >= 4 is 29.4 Å². The number of aliphatic hydroxyl groups is 1. The van der Waals surface area contributed by atoms with Gasteiger partial charge in [-0.25, -0.2) is 14.4 Å². The lowest BCUT2D eigenvalue weighted by Crippen LogP contribution is -2.40. The van der Waals surface area contributed by atoms with Gasteiger partial charge in [0.05, 0.1) is 36.7 Å². The molecule has 1 saturated heterocycles. The number of amides is 2. The van der Waals surface area contributed by atoms with Gasteiger partial charge < -0.3 is 30.1 Å². The highest BCUT2D eigenvalue weighted by atomic mass is 35.5. The Morgan fingerprint density at radius 2 is 2.08 bits per heavy atom. The fourth-order valence-corrected chi connectivity index (χ4v) is 5.04. The van der Waals surface area contributed by atoms with Gasteiger partial charge in [0.15, 0.2) is 11.6 Å². The van der Waals surface area contributed by atoms with Gasteiger partial charge in [-0.2, -0.15) is 0 Å². The fourth-order valence-electron chi connectivity index (χ4n) is 4.84. The number of fused-ring (bicyclic) bond motifs is 1. The SMILES string of the molecule is COc1cc(C(CO)NC(=O)CN2Cc3ccc(-c4nc(NC5CCOCC5)ncc4Cl)cc3C2=O)ccc1F. The van der Waals surface area contributed by atoms with E-state index in [1.165, 1.54) is 36.4 Å². The number of hydrogen-bond donors (Lipinski definition) is 3. The minimum atomic E-state index is -0.794. The molecule has 1 fully saturated rings. The van der Waals surface area contributed by atoms with Gasteiger partial charge >= 0.3 is 0 Å². The number of halogens is 2. The summed E-state index contributed by atoms with van der Waals surface area (Å²) >= 11 is 6.43. The molecule has 0 spiro atoms. The number of hydrogen-bond acceptors (Lipinski definition) is 8. The summed E-state index contributed by atoms with van der Waals surface area (Å²) in [6, 6.07) is 8.88. The Hall–Kier alpha value is -3.80. The van der Waals surface area contributed by atoms with Gasteiger partial charge in [0, 0.05) is 36.9 Å². The number of benzene rings is 2. The highest BCUT2D eigenvalue weighted by Gasteiger charge is 2.30. The molecule has 1 unspecified atom stereocenters. The lowest BCUT2D eigenvalue weighted by Gasteiger charge is -2.23. The standard InChI is InChI=1S/C28H29ClFN5O5/c1-39-24-11-16(4-5-22(24)30)23(15-36)33-25(37)14-35-13-18-3-2-17(10-20(18)27(35)38)26-21(29)12-31-28(34-26)32-19-6-8-40-9-7-19/h2-5,10-12,19,23,36H,6-9,13-15H2,1H3,(H,33,37)(H,31,32,34). The van der Waals surface area contributed by atoms with Crippen molar-refractivity contribution < 1.29 is 28.6 Å². The summed E-state index contributed by atoms with van der Waals surface area (Å²) in [6.45, 7) is 0.987. The minimum Gasteiger partial charge on any atom is -0.494 e. The van der Waals surface area contributed by atoms with Crippen LogP contribution >= 0.6 is 11.6 Å². The van der Waals surface area contributed by atoms with E-state index in [1.807, 2.05) is 12.1 Å². The van der Waals surface area contributed by atoms with E-state index in [0.29, 0.717) is 46.6 Å². The first-order valence-electron chi connectivity index (χ1n) is 12.9. The van der Waals surface area contributed by atoms with Crippen molar-refractivity contribution in [2.24, 2.45) is 0 Å². The largest absolute Gasteiger partial charge is 0.494 e. The molecule has 2 aliphatic rings. The van der Waals surface area contributed by atoms with Crippen LogP contribution in [0.5, 0.6) is 5.75 Å². The predicted octanol–water partition coefficient (Wildman–Crippen LogP) is 3.34. The number of carbonyl (C=O) groups excluding carboxylic acids is 2. The zero-order valence-electron chi connectivity index (χ0n) is 21.8. The van der Waals surface area contributed by atoms with Gasteiger partial charge in [-0.3, -0.25) is 9.59 Å². The number of nitrogens with zero attached hydrogens (tertiary/aromatic N) is 3. The zero-order chi connectivity index (χ0) is 28.2. The number of carbonyl (C=O) groups is 2. The second-order valence-corrected chi connectivity index (χ2v) is 10.1. The number of aromatic nitrogens is 2. The first-order valence-corrected chi connectivity index (χ1v) is 13.3. The predicted molar refractivity (Wildman–Crippen MR) is 146 cm³/mol. The van der Waals surface area contributed by atoms with Crippen molar-refractivity contribution in [2.75, 3.05) is 38.8 Å². The van der Waals surface area contributed by atoms with E-state index in [-0.39, 0.29) is 30.8 Å². The summed E-state index contributed by atoms with van der Waals surface area (Å²) in [6.07, 6.45) is 3.25. The van der Waals surface area contributed by atoms with Crippen molar-refractivity contribution in [1.82, 2.24) is 20.2 Å². The summed E-state index contributed by atoms with van der Waals surface area (Å²) < 4.78 is 24.2. The molecule has 40 heavy (non-hydrogen) atoms. The Morgan fingerprint density at radius 1 is 1.27 bits per heavy atom. The molecule has 5 rings (SSSR count). The van der Waals surface area contributed by atoms with Gasteiger partial charge in [-0.05, 0) is 42.2 Å².